The van der Waals surface area contributed by atoms with Gasteiger partial charge in [-0.1, -0.05) is 32.6 Å². The molecule has 0 unspecified atom stereocenters. The topological polar surface area (TPSA) is 37.3 Å². The van der Waals surface area contributed by atoms with E-state index in [2.05, 4.69) is 6.92 Å². The van der Waals surface area contributed by atoms with Gasteiger partial charge in [-0.2, -0.15) is 0 Å². The molecule has 0 fully saturated rings. The first kappa shape index (κ1) is 9.47. The van der Waals surface area contributed by atoms with Gasteiger partial charge in [0.2, 0.25) is 0 Å². The zero-order valence-corrected chi connectivity index (χ0v) is 6.60. The second kappa shape index (κ2) is 6.59. The fraction of sp³-hybridized carbons (Fsp3) is 0.875. The summed E-state index contributed by atoms with van der Waals surface area (Å²) in [6.07, 6.45) is 5.88. The van der Waals surface area contributed by atoms with E-state index in [1.807, 2.05) is 0 Å². The Bertz CT molecular complexity index is 89.3. The smallest absolute Gasteiger partial charge is 0.303 e. The molecule has 1 N–H and O–H groups in total. The maximum absolute atomic E-state index is 10.0. The molecule has 0 aliphatic carbocycles. The highest BCUT2D eigenvalue weighted by Gasteiger charge is 1.94. The van der Waals surface area contributed by atoms with Crippen molar-refractivity contribution in [3.8, 4) is 0 Å². The summed E-state index contributed by atoms with van der Waals surface area (Å²) in [5.74, 6) is -0.670. The Hall–Kier alpha value is -0.530. The molecule has 0 aliphatic rings. The van der Waals surface area contributed by atoms with Crippen molar-refractivity contribution in [3.63, 3.8) is 0 Å². The molecule has 0 amide bonds. The van der Waals surface area contributed by atoms with Crippen LogP contribution in [-0.4, -0.2) is 11.1 Å². The Morgan fingerprint density at radius 1 is 1.20 bits per heavy atom. The molecule has 2 nitrogen and oxygen atoms in total. The second-order valence-corrected chi connectivity index (χ2v) is 2.56. The molecule has 0 heterocycles. The molecule has 10 heavy (non-hydrogen) atoms. The van der Waals surface area contributed by atoms with Gasteiger partial charge >= 0.3 is 5.97 Å². The van der Waals surface area contributed by atoms with Gasteiger partial charge in [0.05, 0.1) is 0 Å². The van der Waals surface area contributed by atoms with E-state index in [1.54, 1.807) is 0 Å². The monoisotopic (exact) mass is 146 g/mol. The van der Waals surface area contributed by atoms with E-state index in [0.717, 1.165) is 12.8 Å². The average Bonchev–Trinajstić information content (AvgIpc) is 1.87. The largest absolute Gasteiger partial charge is 0.481 e. The number of carbonyl (C=O) groups is 1. The minimum atomic E-state index is -0.670. The molecule has 0 bridgehead atoms. The molecular formula is C8H16O2. The van der Waals surface area contributed by atoms with Crippen molar-refractivity contribution in [1.29, 1.82) is 0 Å². The van der Waals surface area contributed by atoms with E-state index < -0.39 is 5.97 Å². The summed E-state index contributed by atoms with van der Waals surface area (Å²) < 4.78 is 0. The highest BCUT2D eigenvalue weighted by molar-refractivity contribution is 5.66. The summed E-state index contributed by atoms with van der Waals surface area (Å²) >= 11 is 0. The lowest BCUT2D eigenvalue weighted by Gasteiger charge is -1.95. The van der Waals surface area contributed by atoms with Gasteiger partial charge < -0.3 is 5.11 Å². The Kier molecular flexibility index (Phi) is 6.24. The van der Waals surface area contributed by atoms with Crippen LogP contribution in [0.15, 0.2) is 0 Å². The number of aliphatic carboxylic acids is 1. The van der Waals surface area contributed by atoms with Gasteiger partial charge in [0.25, 0.3) is 0 Å². The van der Waals surface area contributed by atoms with Crippen LogP contribution in [0.1, 0.15) is 45.4 Å². The van der Waals surface area contributed by atoms with Gasteiger partial charge in [-0.3, -0.25) is 4.79 Å². The van der Waals surface area contributed by atoms with Crippen LogP contribution in [0.4, 0.5) is 0 Å². The first-order valence-electron chi connectivity index (χ1n) is 3.99. The highest BCUT2D eigenvalue weighted by atomic mass is 16.5. The Labute approximate surface area is 62.2 Å². The number of hydrogen-bond donors (Lipinski definition) is 1. The lowest BCUT2D eigenvalue weighted by Crippen LogP contribution is -1.93. The zero-order valence-electron chi connectivity index (χ0n) is 6.60. The lowest BCUT2D eigenvalue weighted by atomic mass is 10.2. The number of unbranched alkanes of at least 4 members (excludes halogenated alkanes) is 4. The third-order valence-electron chi connectivity index (χ3n) is 1.49. The summed E-state index contributed by atoms with van der Waals surface area (Å²) in [5.41, 5.74) is 0. The first-order valence-corrected chi connectivity index (χ1v) is 3.99. The molecule has 0 spiro atoms. The van der Waals surface area contributed by atoms with E-state index in [1.165, 1.54) is 19.3 Å². The number of rotatable bonds is 6. The highest BCUT2D eigenvalue weighted by Crippen LogP contribution is 2.04. The molecule has 0 atom stereocenters. The standard InChI is InChI=1S/C8H16O2/c1-2-3-4-5-6-7-8(9)10/h2-7H2,1H3,(H,9,10)/i7+1,8+1. The van der Waals surface area contributed by atoms with Crippen LogP contribution in [0.2, 0.25) is 0 Å². The van der Waals surface area contributed by atoms with Gasteiger partial charge in [0.1, 0.15) is 0 Å². The molecule has 0 radical (unpaired) electrons. The van der Waals surface area contributed by atoms with E-state index >= 15 is 0 Å². The van der Waals surface area contributed by atoms with Gasteiger partial charge in [-0.15, -0.1) is 0 Å². The molecular weight excluding hydrogens is 130 g/mol. The van der Waals surface area contributed by atoms with Gasteiger partial charge in [0.15, 0.2) is 0 Å². The van der Waals surface area contributed by atoms with Crippen LogP contribution >= 0.6 is 0 Å². The van der Waals surface area contributed by atoms with Gasteiger partial charge in [-0.05, 0) is 6.42 Å². The van der Waals surface area contributed by atoms with Crippen molar-refractivity contribution in [2.75, 3.05) is 0 Å². The number of carboxylic acid groups (broad SMARTS) is 1. The van der Waals surface area contributed by atoms with Crippen LogP contribution in [0, 0.1) is 0 Å². The summed E-state index contributed by atoms with van der Waals surface area (Å²) in [7, 11) is 0. The van der Waals surface area contributed by atoms with Gasteiger partial charge in [-0.25, -0.2) is 0 Å². The van der Waals surface area contributed by atoms with Crippen molar-refractivity contribution in [3.05, 3.63) is 0 Å². The van der Waals surface area contributed by atoms with E-state index in [-0.39, 0.29) is 0 Å². The molecule has 2 heteroatoms. The van der Waals surface area contributed by atoms with Gasteiger partial charge in [0, 0.05) is 6.42 Å². The predicted octanol–water partition coefficient (Wildman–Crippen LogP) is 2.43. The fourth-order valence-electron chi connectivity index (χ4n) is 0.880. The van der Waals surface area contributed by atoms with Crippen LogP contribution in [0.5, 0.6) is 0 Å². The fourth-order valence-corrected chi connectivity index (χ4v) is 0.880. The van der Waals surface area contributed by atoms with Crippen LogP contribution < -0.4 is 0 Å². The summed E-state index contributed by atoms with van der Waals surface area (Å²) in [6.45, 7) is 2.15. The first-order chi connectivity index (χ1) is 4.77. The predicted molar refractivity (Wildman–Crippen MR) is 41.0 cm³/mol. The minimum absolute atomic E-state index is 0.337. The third kappa shape index (κ3) is 7.47. The summed E-state index contributed by atoms with van der Waals surface area (Å²) in [4.78, 5) is 10.0. The Morgan fingerprint density at radius 3 is 2.30 bits per heavy atom. The van der Waals surface area contributed by atoms with Crippen molar-refractivity contribution >= 4 is 5.97 Å². The van der Waals surface area contributed by atoms with Crippen molar-refractivity contribution in [2.45, 2.75) is 45.4 Å². The van der Waals surface area contributed by atoms with Crippen LogP contribution in [0.3, 0.4) is 0 Å². The maximum Gasteiger partial charge on any atom is 0.303 e. The molecule has 0 aromatic heterocycles. The molecule has 0 aromatic rings. The molecule has 0 saturated heterocycles. The maximum atomic E-state index is 10.0. The number of hydrogen-bond acceptors (Lipinski definition) is 1. The summed E-state index contributed by atoms with van der Waals surface area (Å²) in [6, 6.07) is 0. The van der Waals surface area contributed by atoms with Crippen molar-refractivity contribution < 1.29 is 9.90 Å². The lowest BCUT2D eigenvalue weighted by molar-refractivity contribution is -0.137. The van der Waals surface area contributed by atoms with E-state index in [4.69, 9.17) is 5.11 Å². The SMILES string of the molecule is CCCCCC[13CH2][13C](=O)O. The Balaban J connectivity index is 2.84. The van der Waals surface area contributed by atoms with E-state index in [9.17, 15) is 4.79 Å². The average molecular weight is 146 g/mol. The van der Waals surface area contributed by atoms with Crippen LogP contribution in [-0.2, 0) is 4.79 Å². The molecule has 0 rings (SSSR count). The molecule has 0 aromatic carbocycles. The summed E-state index contributed by atoms with van der Waals surface area (Å²) in [5, 5.41) is 8.27. The van der Waals surface area contributed by atoms with Crippen LogP contribution in [0.25, 0.3) is 0 Å². The molecule has 0 aliphatic heterocycles. The Morgan fingerprint density at radius 2 is 1.80 bits per heavy atom. The van der Waals surface area contributed by atoms with Crippen molar-refractivity contribution in [1.82, 2.24) is 0 Å². The number of carboxylic acids is 1. The van der Waals surface area contributed by atoms with E-state index in [0.29, 0.717) is 6.42 Å². The quantitative estimate of drug-likeness (QED) is 0.461. The third-order valence-corrected chi connectivity index (χ3v) is 1.49. The second-order valence-electron chi connectivity index (χ2n) is 2.56. The zero-order chi connectivity index (χ0) is 7.82. The normalized spacial score (nSPS) is 9.70. The molecule has 0 saturated carbocycles. The van der Waals surface area contributed by atoms with Crippen molar-refractivity contribution in [2.24, 2.45) is 0 Å². The molecule has 60 valence electrons. The minimum Gasteiger partial charge on any atom is -0.481 e.